The van der Waals surface area contributed by atoms with E-state index in [0.717, 1.165) is 68.8 Å². The highest BCUT2D eigenvalue weighted by atomic mass is 35.5. The third-order valence-corrected chi connectivity index (χ3v) is 5.47. The number of halogens is 1. The van der Waals surface area contributed by atoms with Crippen LogP contribution in [0.5, 0.6) is 0 Å². The summed E-state index contributed by atoms with van der Waals surface area (Å²) in [7, 11) is 0. The third-order valence-electron chi connectivity index (χ3n) is 5.25. The van der Waals surface area contributed by atoms with Crippen molar-refractivity contribution in [2.45, 2.75) is 40.0 Å². The van der Waals surface area contributed by atoms with Gasteiger partial charge in [-0.2, -0.15) is 0 Å². The van der Waals surface area contributed by atoms with Gasteiger partial charge in [0.2, 0.25) is 0 Å². The van der Waals surface area contributed by atoms with E-state index >= 15 is 0 Å². The maximum absolute atomic E-state index is 6.37. The summed E-state index contributed by atoms with van der Waals surface area (Å²) >= 11 is 6.37. The number of nitrogens with two attached hydrogens (primary N) is 1. The van der Waals surface area contributed by atoms with Crippen LogP contribution >= 0.6 is 11.6 Å². The summed E-state index contributed by atoms with van der Waals surface area (Å²) in [6.45, 7) is 10.5. The Morgan fingerprint density at radius 1 is 1.13 bits per heavy atom. The Balaban J connectivity index is 0.00000124. The lowest BCUT2D eigenvalue weighted by Gasteiger charge is -2.15. The van der Waals surface area contributed by atoms with Gasteiger partial charge in [-0.3, -0.25) is 0 Å². The van der Waals surface area contributed by atoms with Gasteiger partial charge >= 0.3 is 0 Å². The number of benzene rings is 2. The van der Waals surface area contributed by atoms with E-state index < -0.39 is 0 Å². The molecule has 0 saturated carbocycles. The Labute approximate surface area is 184 Å². The fourth-order valence-electron chi connectivity index (χ4n) is 3.67. The summed E-state index contributed by atoms with van der Waals surface area (Å²) in [5.74, 6) is 0. The molecular formula is C27H29ClN2. The van der Waals surface area contributed by atoms with Crippen LogP contribution < -0.4 is 5.73 Å². The lowest BCUT2D eigenvalue weighted by molar-refractivity contribution is 0.965. The van der Waals surface area contributed by atoms with E-state index in [2.05, 4.69) is 37.8 Å². The Hall–Kier alpha value is -2.84. The standard InChI is InChI=1S/C25H23ClN2.C2H6/c1-16(7-8-18-5-3-4-6-18)22-15-24(19-9-11-21(27)12-10-19)28-25-17(2)13-20(26)14-23(22)25;1-2/h3-5,9-15H,1,6-8,27H2,2H3;1-2H3. The van der Waals surface area contributed by atoms with Crippen LogP contribution in [-0.2, 0) is 0 Å². The first-order chi connectivity index (χ1) is 14.5. The van der Waals surface area contributed by atoms with Crippen LogP contribution in [0.2, 0.25) is 5.02 Å². The van der Waals surface area contributed by atoms with Gasteiger partial charge in [0.1, 0.15) is 0 Å². The highest BCUT2D eigenvalue weighted by Gasteiger charge is 2.13. The molecule has 4 rings (SSSR count). The zero-order valence-corrected chi connectivity index (χ0v) is 18.8. The maximum atomic E-state index is 6.37. The first-order valence-electron chi connectivity index (χ1n) is 10.5. The fourth-order valence-corrected chi connectivity index (χ4v) is 3.95. The topological polar surface area (TPSA) is 38.9 Å². The van der Waals surface area contributed by atoms with Crippen molar-refractivity contribution in [3.05, 3.63) is 89.0 Å². The number of nitrogens with zero attached hydrogens (tertiary/aromatic N) is 1. The SMILES string of the molecule is C=C(CCC1=CC=CC1)c1cc(-c2ccc(N)cc2)nc2c(C)cc(Cl)cc12.CC. The Kier molecular flexibility index (Phi) is 7.12. The molecule has 3 aromatic rings. The van der Waals surface area contributed by atoms with Crippen molar-refractivity contribution in [3.8, 4) is 11.3 Å². The quantitative estimate of drug-likeness (QED) is 0.426. The number of aryl methyl sites for hydroxylation is 1. The number of aromatic nitrogens is 1. The molecule has 2 N–H and O–H groups in total. The highest BCUT2D eigenvalue weighted by Crippen LogP contribution is 2.34. The van der Waals surface area contributed by atoms with Crippen molar-refractivity contribution < 1.29 is 0 Å². The molecule has 0 aliphatic heterocycles. The van der Waals surface area contributed by atoms with E-state index in [1.807, 2.05) is 50.2 Å². The fraction of sp³-hybridized carbons (Fsp3) is 0.222. The second-order valence-corrected chi connectivity index (χ2v) is 7.79. The molecule has 0 bridgehead atoms. The molecule has 1 aliphatic rings. The molecule has 1 aromatic heterocycles. The van der Waals surface area contributed by atoms with E-state index in [0.29, 0.717) is 0 Å². The second-order valence-electron chi connectivity index (χ2n) is 7.36. The molecule has 0 fully saturated rings. The number of allylic oxidation sites excluding steroid dienone is 5. The van der Waals surface area contributed by atoms with Gasteiger partial charge in [-0.1, -0.05) is 68.0 Å². The molecule has 2 aromatic carbocycles. The predicted molar refractivity (Wildman–Crippen MR) is 133 cm³/mol. The molecule has 3 heteroatoms. The number of hydrogen-bond donors (Lipinski definition) is 1. The van der Waals surface area contributed by atoms with Gasteiger partial charge in [-0.25, -0.2) is 4.98 Å². The minimum absolute atomic E-state index is 0.726. The van der Waals surface area contributed by atoms with E-state index in [4.69, 9.17) is 22.3 Å². The molecule has 2 nitrogen and oxygen atoms in total. The van der Waals surface area contributed by atoms with Crippen LogP contribution in [0.4, 0.5) is 5.69 Å². The first-order valence-corrected chi connectivity index (χ1v) is 10.9. The van der Waals surface area contributed by atoms with Crippen molar-refractivity contribution in [3.63, 3.8) is 0 Å². The summed E-state index contributed by atoms with van der Waals surface area (Å²) in [4.78, 5) is 4.93. The molecule has 154 valence electrons. The lowest BCUT2D eigenvalue weighted by atomic mass is 9.94. The Morgan fingerprint density at radius 3 is 2.53 bits per heavy atom. The molecule has 0 radical (unpaired) electrons. The van der Waals surface area contributed by atoms with Crippen molar-refractivity contribution >= 4 is 33.8 Å². The van der Waals surface area contributed by atoms with Crippen LogP contribution in [0, 0.1) is 6.92 Å². The molecule has 0 amide bonds. The van der Waals surface area contributed by atoms with Gasteiger partial charge in [-0.15, -0.1) is 0 Å². The largest absolute Gasteiger partial charge is 0.399 e. The number of hydrogen-bond acceptors (Lipinski definition) is 2. The highest BCUT2D eigenvalue weighted by molar-refractivity contribution is 6.31. The minimum atomic E-state index is 0.726. The first kappa shape index (κ1) is 21.9. The van der Waals surface area contributed by atoms with E-state index in [-0.39, 0.29) is 0 Å². The van der Waals surface area contributed by atoms with E-state index in [1.54, 1.807) is 0 Å². The molecular weight excluding hydrogens is 388 g/mol. The number of nitrogen functional groups attached to an aromatic ring is 1. The monoisotopic (exact) mass is 416 g/mol. The lowest BCUT2D eigenvalue weighted by Crippen LogP contribution is -1.95. The number of rotatable bonds is 5. The molecule has 30 heavy (non-hydrogen) atoms. The molecule has 1 heterocycles. The normalized spacial score (nSPS) is 12.5. The average molecular weight is 417 g/mol. The van der Waals surface area contributed by atoms with Crippen molar-refractivity contribution in [1.29, 1.82) is 0 Å². The molecule has 0 unspecified atom stereocenters. The van der Waals surface area contributed by atoms with Gasteiger partial charge < -0.3 is 5.73 Å². The predicted octanol–water partition coefficient (Wildman–Crippen LogP) is 8.15. The summed E-state index contributed by atoms with van der Waals surface area (Å²) < 4.78 is 0. The number of anilines is 1. The smallest absolute Gasteiger partial charge is 0.0745 e. The van der Waals surface area contributed by atoms with Gasteiger partial charge in [-0.05, 0) is 73.2 Å². The zero-order valence-electron chi connectivity index (χ0n) is 18.0. The maximum Gasteiger partial charge on any atom is 0.0745 e. The van der Waals surface area contributed by atoms with Crippen molar-refractivity contribution in [2.24, 2.45) is 0 Å². The van der Waals surface area contributed by atoms with E-state index in [1.165, 1.54) is 5.57 Å². The summed E-state index contributed by atoms with van der Waals surface area (Å²) in [5.41, 5.74) is 14.3. The molecule has 0 spiro atoms. The average Bonchev–Trinajstić information content (AvgIpc) is 3.27. The van der Waals surface area contributed by atoms with Crippen LogP contribution in [0.3, 0.4) is 0 Å². The Morgan fingerprint density at radius 2 is 1.87 bits per heavy atom. The molecule has 0 atom stereocenters. The molecule has 0 saturated heterocycles. The van der Waals surface area contributed by atoms with Crippen LogP contribution in [0.1, 0.15) is 44.2 Å². The van der Waals surface area contributed by atoms with Crippen molar-refractivity contribution in [1.82, 2.24) is 4.98 Å². The van der Waals surface area contributed by atoms with Gasteiger partial charge in [0.25, 0.3) is 0 Å². The van der Waals surface area contributed by atoms with Gasteiger partial charge in [0, 0.05) is 21.7 Å². The van der Waals surface area contributed by atoms with Crippen LogP contribution in [0.25, 0.3) is 27.7 Å². The number of fused-ring (bicyclic) bond motifs is 1. The van der Waals surface area contributed by atoms with Gasteiger partial charge in [0.15, 0.2) is 0 Å². The minimum Gasteiger partial charge on any atom is -0.399 e. The van der Waals surface area contributed by atoms with Crippen LogP contribution in [0.15, 0.2) is 72.8 Å². The van der Waals surface area contributed by atoms with Crippen molar-refractivity contribution in [2.75, 3.05) is 5.73 Å². The molecule has 1 aliphatic carbocycles. The third kappa shape index (κ3) is 4.83. The van der Waals surface area contributed by atoms with Crippen LogP contribution in [-0.4, -0.2) is 4.98 Å². The Bertz CT molecular complexity index is 1120. The van der Waals surface area contributed by atoms with Gasteiger partial charge in [0.05, 0.1) is 11.2 Å². The van der Waals surface area contributed by atoms with E-state index in [9.17, 15) is 0 Å². The summed E-state index contributed by atoms with van der Waals surface area (Å²) in [6.07, 6.45) is 9.51. The zero-order chi connectivity index (χ0) is 21.7. The summed E-state index contributed by atoms with van der Waals surface area (Å²) in [6, 6.07) is 13.9. The summed E-state index contributed by atoms with van der Waals surface area (Å²) in [5, 5.41) is 1.79. The second kappa shape index (κ2) is 9.77. The number of pyridine rings is 1.